The molecule has 4 nitrogen and oxygen atoms in total. The molecule has 1 N–H and O–H groups in total. The Morgan fingerprint density at radius 1 is 1.38 bits per heavy atom. The van der Waals surface area contributed by atoms with Gasteiger partial charge in [0.15, 0.2) is 0 Å². The minimum atomic E-state index is 0.129. The van der Waals surface area contributed by atoms with Gasteiger partial charge in [0, 0.05) is 43.7 Å². The SMILES string of the molecule is CN1CCN(C)[C@H](CC(=O)NCCc2cccc(Cl)c2)C1. The van der Waals surface area contributed by atoms with Gasteiger partial charge >= 0.3 is 0 Å². The molecule has 1 amide bonds. The third-order valence-electron chi connectivity index (χ3n) is 4.03. The molecule has 1 aliphatic rings. The van der Waals surface area contributed by atoms with Gasteiger partial charge in [0.2, 0.25) is 5.91 Å². The minimum Gasteiger partial charge on any atom is -0.356 e. The molecule has 1 saturated heterocycles. The first kappa shape index (κ1) is 16.3. The fraction of sp³-hybridized carbons (Fsp3) is 0.562. The molecule has 5 heteroatoms. The molecule has 1 aromatic carbocycles. The van der Waals surface area contributed by atoms with Crippen LogP contribution in [0.5, 0.6) is 0 Å². The monoisotopic (exact) mass is 309 g/mol. The Kier molecular flexibility index (Phi) is 6.03. The molecular formula is C16H24ClN3O. The summed E-state index contributed by atoms with van der Waals surface area (Å²) >= 11 is 5.95. The molecule has 0 spiro atoms. The van der Waals surface area contributed by atoms with Crippen molar-refractivity contribution in [2.75, 3.05) is 40.3 Å². The number of benzene rings is 1. The Labute approximate surface area is 132 Å². The van der Waals surface area contributed by atoms with Crippen LogP contribution in [0.15, 0.2) is 24.3 Å². The quantitative estimate of drug-likeness (QED) is 0.898. The van der Waals surface area contributed by atoms with Crippen LogP contribution in [0, 0.1) is 0 Å². The van der Waals surface area contributed by atoms with Crippen LogP contribution in [0.2, 0.25) is 5.02 Å². The van der Waals surface area contributed by atoms with Crippen LogP contribution < -0.4 is 5.32 Å². The standard InChI is InChI=1S/C16H24ClN3O/c1-19-8-9-20(2)15(12-19)11-16(21)18-7-6-13-4-3-5-14(17)10-13/h3-5,10,15H,6-9,11-12H2,1-2H3,(H,18,21)/t15-/m1/s1. The van der Waals surface area contributed by atoms with Gasteiger partial charge in [-0.3, -0.25) is 4.79 Å². The Balaban J connectivity index is 1.72. The van der Waals surface area contributed by atoms with E-state index in [2.05, 4.69) is 29.2 Å². The van der Waals surface area contributed by atoms with Gasteiger partial charge in [-0.05, 0) is 38.2 Å². The first-order valence-electron chi connectivity index (χ1n) is 7.44. The van der Waals surface area contributed by atoms with Gasteiger partial charge in [-0.2, -0.15) is 0 Å². The fourth-order valence-electron chi connectivity index (χ4n) is 2.65. The van der Waals surface area contributed by atoms with Crippen LogP contribution in [0.25, 0.3) is 0 Å². The molecule has 1 aromatic rings. The molecule has 0 bridgehead atoms. The van der Waals surface area contributed by atoms with E-state index in [1.165, 1.54) is 0 Å². The average molecular weight is 310 g/mol. The smallest absolute Gasteiger partial charge is 0.221 e. The number of nitrogens with one attached hydrogen (secondary N) is 1. The molecule has 1 aliphatic heterocycles. The van der Waals surface area contributed by atoms with Crippen molar-refractivity contribution in [1.82, 2.24) is 15.1 Å². The first-order valence-corrected chi connectivity index (χ1v) is 7.82. The maximum absolute atomic E-state index is 12.0. The highest BCUT2D eigenvalue weighted by molar-refractivity contribution is 6.30. The van der Waals surface area contributed by atoms with E-state index in [0.717, 1.165) is 36.6 Å². The van der Waals surface area contributed by atoms with Crippen molar-refractivity contribution >= 4 is 17.5 Å². The van der Waals surface area contributed by atoms with Crippen molar-refractivity contribution in [3.63, 3.8) is 0 Å². The molecule has 21 heavy (non-hydrogen) atoms. The summed E-state index contributed by atoms with van der Waals surface area (Å²) < 4.78 is 0. The number of halogens is 1. The Hall–Kier alpha value is -1.10. The van der Waals surface area contributed by atoms with E-state index in [9.17, 15) is 4.79 Å². The second-order valence-electron chi connectivity index (χ2n) is 5.83. The lowest BCUT2D eigenvalue weighted by atomic mass is 10.1. The van der Waals surface area contributed by atoms with Crippen molar-refractivity contribution in [2.24, 2.45) is 0 Å². The second kappa shape index (κ2) is 7.78. The lowest BCUT2D eigenvalue weighted by Crippen LogP contribution is -2.51. The maximum Gasteiger partial charge on any atom is 0.221 e. The number of likely N-dealkylation sites (N-methyl/N-ethyl adjacent to an activating group) is 2. The Bertz CT molecular complexity index is 480. The summed E-state index contributed by atoms with van der Waals surface area (Å²) in [5.74, 6) is 0.129. The summed E-state index contributed by atoms with van der Waals surface area (Å²) in [5.41, 5.74) is 1.15. The van der Waals surface area contributed by atoms with Gasteiger partial charge < -0.3 is 15.1 Å². The molecule has 0 aliphatic carbocycles. The van der Waals surface area contributed by atoms with Crippen LogP contribution in [0.4, 0.5) is 0 Å². The first-order chi connectivity index (χ1) is 10.0. The molecule has 1 fully saturated rings. The van der Waals surface area contributed by atoms with E-state index in [4.69, 9.17) is 11.6 Å². The third kappa shape index (κ3) is 5.30. The topological polar surface area (TPSA) is 35.6 Å². The van der Waals surface area contributed by atoms with Gasteiger partial charge in [0.1, 0.15) is 0 Å². The number of hydrogen-bond acceptors (Lipinski definition) is 3. The van der Waals surface area contributed by atoms with E-state index >= 15 is 0 Å². The third-order valence-corrected chi connectivity index (χ3v) is 4.26. The highest BCUT2D eigenvalue weighted by Gasteiger charge is 2.24. The normalized spacial score (nSPS) is 20.4. The highest BCUT2D eigenvalue weighted by Crippen LogP contribution is 2.11. The van der Waals surface area contributed by atoms with E-state index in [1.54, 1.807) is 0 Å². The van der Waals surface area contributed by atoms with Crippen molar-refractivity contribution in [1.29, 1.82) is 0 Å². The van der Waals surface area contributed by atoms with Crippen LogP contribution in [0.1, 0.15) is 12.0 Å². The van der Waals surface area contributed by atoms with E-state index < -0.39 is 0 Å². The zero-order chi connectivity index (χ0) is 15.2. The molecule has 1 heterocycles. The summed E-state index contributed by atoms with van der Waals surface area (Å²) in [5, 5.41) is 3.75. The lowest BCUT2D eigenvalue weighted by Gasteiger charge is -2.37. The molecule has 0 aromatic heterocycles. The summed E-state index contributed by atoms with van der Waals surface area (Å²) in [7, 11) is 4.20. The van der Waals surface area contributed by atoms with Gasteiger partial charge in [0.25, 0.3) is 0 Å². The van der Waals surface area contributed by atoms with E-state index in [-0.39, 0.29) is 5.91 Å². The van der Waals surface area contributed by atoms with Crippen molar-refractivity contribution < 1.29 is 4.79 Å². The Morgan fingerprint density at radius 3 is 2.95 bits per heavy atom. The molecule has 116 valence electrons. The van der Waals surface area contributed by atoms with E-state index in [1.807, 2.05) is 24.3 Å². The van der Waals surface area contributed by atoms with Crippen LogP contribution in [-0.4, -0.2) is 62.0 Å². The average Bonchev–Trinajstić information content (AvgIpc) is 2.43. The molecule has 0 unspecified atom stereocenters. The maximum atomic E-state index is 12.0. The summed E-state index contributed by atoms with van der Waals surface area (Å²) in [6, 6.07) is 8.08. The number of amides is 1. The van der Waals surface area contributed by atoms with Crippen molar-refractivity contribution in [2.45, 2.75) is 18.9 Å². The van der Waals surface area contributed by atoms with Crippen LogP contribution >= 0.6 is 11.6 Å². The number of hydrogen-bond donors (Lipinski definition) is 1. The van der Waals surface area contributed by atoms with Gasteiger partial charge in [-0.15, -0.1) is 0 Å². The van der Waals surface area contributed by atoms with Gasteiger partial charge in [-0.1, -0.05) is 23.7 Å². The number of piperazine rings is 1. The molecular weight excluding hydrogens is 286 g/mol. The lowest BCUT2D eigenvalue weighted by molar-refractivity contribution is -0.122. The summed E-state index contributed by atoms with van der Waals surface area (Å²) in [4.78, 5) is 16.6. The number of carbonyl (C=O) groups is 1. The predicted molar refractivity (Wildman–Crippen MR) is 86.7 cm³/mol. The number of rotatable bonds is 5. The molecule has 0 saturated carbocycles. The minimum absolute atomic E-state index is 0.129. The summed E-state index contributed by atoms with van der Waals surface area (Å²) in [6.45, 7) is 3.71. The largest absolute Gasteiger partial charge is 0.356 e. The van der Waals surface area contributed by atoms with Crippen LogP contribution in [0.3, 0.4) is 0 Å². The molecule has 1 atom stereocenters. The fourth-order valence-corrected chi connectivity index (χ4v) is 2.86. The molecule has 0 radical (unpaired) electrons. The van der Waals surface area contributed by atoms with E-state index in [0.29, 0.717) is 19.0 Å². The number of nitrogens with zero attached hydrogens (tertiary/aromatic N) is 2. The van der Waals surface area contributed by atoms with Crippen molar-refractivity contribution in [3.8, 4) is 0 Å². The zero-order valence-electron chi connectivity index (χ0n) is 12.8. The zero-order valence-corrected chi connectivity index (χ0v) is 13.6. The molecule has 2 rings (SSSR count). The summed E-state index contributed by atoms with van der Waals surface area (Å²) in [6.07, 6.45) is 1.38. The second-order valence-corrected chi connectivity index (χ2v) is 6.27. The van der Waals surface area contributed by atoms with Crippen LogP contribution in [-0.2, 0) is 11.2 Å². The van der Waals surface area contributed by atoms with Crippen molar-refractivity contribution in [3.05, 3.63) is 34.9 Å². The predicted octanol–water partition coefficient (Wildman–Crippen LogP) is 1.63. The van der Waals surface area contributed by atoms with Gasteiger partial charge in [-0.25, -0.2) is 0 Å². The van der Waals surface area contributed by atoms with Gasteiger partial charge in [0.05, 0.1) is 0 Å². The Morgan fingerprint density at radius 2 is 2.19 bits per heavy atom. The number of carbonyl (C=O) groups excluding carboxylic acids is 1. The highest BCUT2D eigenvalue weighted by atomic mass is 35.5.